The maximum absolute atomic E-state index is 13.2. The van der Waals surface area contributed by atoms with Crippen LogP contribution in [0.5, 0.6) is 0 Å². The first-order valence-corrected chi connectivity index (χ1v) is 12.9. The molecule has 1 fully saturated rings. The third kappa shape index (κ3) is 4.71. The van der Waals surface area contributed by atoms with Gasteiger partial charge in [-0.2, -0.15) is 0 Å². The van der Waals surface area contributed by atoms with E-state index in [4.69, 9.17) is 9.15 Å². The molecule has 0 aromatic carbocycles. The average Bonchev–Trinajstić information content (AvgIpc) is 3.63. The fraction of sp³-hybridized carbons (Fsp3) is 0.375. The molecule has 172 valence electrons. The Bertz CT molecular complexity index is 1220. The first kappa shape index (κ1) is 22.2. The van der Waals surface area contributed by atoms with E-state index < -0.39 is 0 Å². The molecule has 4 aromatic heterocycles. The van der Waals surface area contributed by atoms with Crippen LogP contribution in [0.15, 0.2) is 51.5 Å². The summed E-state index contributed by atoms with van der Waals surface area (Å²) in [6.07, 6.45) is 3.95. The molecule has 5 rings (SSSR count). The molecule has 1 unspecified atom stereocenters. The lowest BCUT2D eigenvalue weighted by atomic mass is 10.2. The van der Waals surface area contributed by atoms with Crippen molar-refractivity contribution in [1.29, 1.82) is 0 Å². The lowest BCUT2D eigenvalue weighted by Gasteiger charge is -2.14. The highest BCUT2D eigenvalue weighted by molar-refractivity contribution is 7.99. The summed E-state index contributed by atoms with van der Waals surface area (Å²) < 4.78 is 15.6. The number of hydrogen-bond acceptors (Lipinski definition) is 7. The van der Waals surface area contributed by atoms with E-state index in [-0.39, 0.29) is 11.9 Å². The number of carbonyl (C=O) groups is 1. The minimum Gasteiger partial charge on any atom is -0.467 e. The molecule has 0 radical (unpaired) electrons. The van der Waals surface area contributed by atoms with Gasteiger partial charge in [0.2, 0.25) is 0 Å². The molecule has 0 bridgehead atoms. The van der Waals surface area contributed by atoms with Crippen molar-refractivity contribution >= 4 is 28.9 Å². The molecular weight excluding hydrogens is 456 g/mol. The number of ether oxygens (including phenoxy) is 1. The van der Waals surface area contributed by atoms with Gasteiger partial charge >= 0.3 is 0 Å². The zero-order valence-electron chi connectivity index (χ0n) is 18.7. The lowest BCUT2D eigenvalue weighted by Crippen LogP contribution is -2.17. The number of ketones is 1. The Morgan fingerprint density at radius 2 is 2.15 bits per heavy atom. The first-order valence-electron chi connectivity index (χ1n) is 11.0. The summed E-state index contributed by atoms with van der Waals surface area (Å²) in [4.78, 5) is 14.2. The number of thiophene rings is 1. The summed E-state index contributed by atoms with van der Waals surface area (Å²) in [7, 11) is 0. The highest BCUT2D eigenvalue weighted by Crippen LogP contribution is 2.30. The number of rotatable bonds is 9. The van der Waals surface area contributed by atoms with Crippen LogP contribution in [0.1, 0.15) is 40.3 Å². The average molecular weight is 483 g/mol. The Kier molecular flexibility index (Phi) is 6.52. The number of furan rings is 1. The summed E-state index contributed by atoms with van der Waals surface area (Å²) in [5, 5.41) is 11.7. The molecule has 9 heteroatoms. The van der Waals surface area contributed by atoms with Crippen LogP contribution in [-0.2, 0) is 17.8 Å². The Hall–Kier alpha value is -2.62. The van der Waals surface area contributed by atoms with Crippen molar-refractivity contribution in [3.63, 3.8) is 0 Å². The van der Waals surface area contributed by atoms with Gasteiger partial charge in [-0.25, -0.2) is 0 Å². The topological polar surface area (TPSA) is 75.1 Å². The second-order valence-corrected chi connectivity index (χ2v) is 10.1. The smallest absolute Gasteiger partial charge is 0.192 e. The minimum absolute atomic E-state index is 0.0862. The summed E-state index contributed by atoms with van der Waals surface area (Å²) in [6, 6.07) is 9.86. The second-order valence-electron chi connectivity index (χ2n) is 8.19. The molecule has 0 N–H and O–H groups in total. The molecule has 1 aliphatic rings. The van der Waals surface area contributed by atoms with Crippen LogP contribution in [0, 0.1) is 13.8 Å². The summed E-state index contributed by atoms with van der Waals surface area (Å²) >= 11 is 3.08. The number of thioether (sulfide) groups is 1. The van der Waals surface area contributed by atoms with Crippen LogP contribution in [0.2, 0.25) is 0 Å². The quantitative estimate of drug-likeness (QED) is 0.240. The van der Waals surface area contributed by atoms with E-state index in [0.717, 1.165) is 58.0 Å². The standard InChI is InChI=1S/C24H26N4O3S2/c1-16-12-20(17(2)27(16)13-18-6-3-9-30-18)21(29)15-33-24-26-25-23(22-8-5-11-32-22)28(24)14-19-7-4-10-31-19/h3,5-6,8-9,11-12,19H,4,7,10,13-15H2,1-2H3. The van der Waals surface area contributed by atoms with Crippen LogP contribution >= 0.6 is 23.1 Å². The number of carbonyl (C=O) groups excluding carboxylic acids is 1. The predicted octanol–water partition coefficient (Wildman–Crippen LogP) is 5.22. The van der Waals surface area contributed by atoms with Crippen molar-refractivity contribution in [3.8, 4) is 10.7 Å². The fourth-order valence-electron chi connectivity index (χ4n) is 4.23. The van der Waals surface area contributed by atoms with E-state index in [2.05, 4.69) is 19.3 Å². The maximum Gasteiger partial charge on any atom is 0.192 e. The van der Waals surface area contributed by atoms with Crippen molar-refractivity contribution in [2.24, 2.45) is 0 Å². The normalized spacial score (nSPS) is 16.0. The molecule has 7 nitrogen and oxygen atoms in total. The van der Waals surface area contributed by atoms with E-state index >= 15 is 0 Å². The maximum atomic E-state index is 13.2. The van der Waals surface area contributed by atoms with Gasteiger partial charge in [-0.15, -0.1) is 21.5 Å². The zero-order chi connectivity index (χ0) is 22.8. The van der Waals surface area contributed by atoms with Gasteiger partial charge in [0.05, 0.1) is 36.1 Å². The Labute approximate surface area is 200 Å². The molecule has 1 atom stereocenters. The van der Waals surface area contributed by atoms with Gasteiger partial charge in [0.1, 0.15) is 5.76 Å². The van der Waals surface area contributed by atoms with Crippen molar-refractivity contribution in [2.75, 3.05) is 12.4 Å². The van der Waals surface area contributed by atoms with Gasteiger partial charge in [-0.3, -0.25) is 9.36 Å². The summed E-state index contributed by atoms with van der Waals surface area (Å²) in [5.41, 5.74) is 2.74. The van der Waals surface area contributed by atoms with Gasteiger partial charge < -0.3 is 13.7 Å². The molecule has 0 amide bonds. The largest absolute Gasteiger partial charge is 0.467 e. The molecule has 4 aromatic rings. The fourth-order valence-corrected chi connectivity index (χ4v) is 5.78. The molecule has 0 saturated carbocycles. The lowest BCUT2D eigenvalue weighted by molar-refractivity contribution is 0.0953. The van der Waals surface area contributed by atoms with Crippen LogP contribution < -0.4 is 0 Å². The van der Waals surface area contributed by atoms with Crippen molar-refractivity contribution in [1.82, 2.24) is 19.3 Å². The minimum atomic E-state index is 0.0862. The molecule has 1 saturated heterocycles. The number of nitrogens with zero attached hydrogens (tertiary/aromatic N) is 4. The Morgan fingerprint density at radius 3 is 2.88 bits per heavy atom. The third-order valence-corrected chi connectivity index (χ3v) is 7.80. The zero-order valence-corrected chi connectivity index (χ0v) is 20.3. The van der Waals surface area contributed by atoms with E-state index in [0.29, 0.717) is 18.8 Å². The van der Waals surface area contributed by atoms with Gasteiger partial charge in [-0.05, 0) is 56.3 Å². The number of aryl methyl sites for hydroxylation is 1. The monoisotopic (exact) mass is 482 g/mol. The molecule has 0 spiro atoms. The molecule has 0 aliphatic carbocycles. The summed E-state index contributed by atoms with van der Waals surface area (Å²) in [5.74, 6) is 2.10. The molecule has 1 aliphatic heterocycles. The predicted molar refractivity (Wildman–Crippen MR) is 129 cm³/mol. The molecule has 5 heterocycles. The van der Waals surface area contributed by atoms with Crippen LogP contribution in [0.25, 0.3) is 10.7 Å². The first-order chi connectivity index (χ1) is 16.1. The van der Waals surface area contributed by atoms with Crippen molar-refractivity contribution in [3.05, 3.63) is 64.7 Å². The van der Waals surface area contributed by atoms with Crippen LogP contribution in [-0.4, -0.2) is 43.6 Å². The number of Topliss-reactive ketones (excluding diaryl/α,β-unsaturated/α-hetero) is 1. The van der Waals surface area contributed by atoms with Gasteiger partial charge in [0.15, 0.2) is 16.8 Å². The van der Waals surface area contributed by atoms with Crippen molar-refractivity contribution < 1.29 is 13.9 Å². The number of aromatic nitrogens is 4. The Balaban J connectivity index is 1.33. The van der Waals surface area contributed by atoms with Gasteiger partial charge in [-0.1, -0.05) is 17.8 Å². The SMILES string of the molecule is Cc1cc(C(=O)CSc2nnc(-c3cccs3)n2CC2CCCO2)c(C)n1Cc1ccco1. The molecular formula is C24H26N4O3S2. The van der Waals surface area contributed by atoms with Crippen LogP contribution in [0.4, 0.5) is 0 Å². The van der Waals surface area contributed by atoms with Gasteiger partial charge in [0.25, 0.3) is 0 Å². The number of hydrogen-bond donors (Lipinski definition) is 0. The van der Waals surface area contributed by atoms with E-state index in [1.807, 2.05) is 49.6 Å². The van der Waals surface area contributed by atoms with E-state index in [1.54, 1.807) is 17.6 Å². The highest BCUT2D eigenvalue weighted by Gasteiger charge is 2.23. The third-order valence-electron chi connectivity index (χ3n) is 5.97. The van der Waals surface area contributed by atoms with Crippen LogP contribution in [0.3, 0.4) is 0 Å². The molecule has 33 heavy (non-hydrogen) atoms. The van der Waals surface area contributed by atoms with Crippen molar-refractivity contribution in [2.45, 2.75) is 51.0 Å². The second kappa shape index (κ2) is 9.70. The highest BCUT2D eigenvalue weighted by atomic mass is 32.2. The van der Waals surface area contributed by atoms with Gasteiger partial charge in [0, 0.05) is 23.6 Å². The van der Waals surface area contributed by atoms with E-state index in [9.17, 15) is 4.79 Å². The Morgan fingerprint density at radius 1 is 1.24 bits per heavy atom. The summed E-state index contributed by atoms with van der Waals surface area (Å²) in [6.45, 7) is 6.13. The van der Waals surface area contributed by atoms with E-state index in [1.165, 1.54) is 11.8 Å².